The predicted molar refractivity (Wildman–Crippen MR) is 96.6 cm³/mol. The number of rotatable bonds is 6. The summed E-state index contributed by atoms with van der Waals surface area (Å²) in [4.78, 5) is 15.4. The molecule has 1 amide bonds. The molecule has 0 spiro atoms. The summed E-state index contributed by atoms with van der Waals surface area (Å²) in [6.45, 7) is -0.658. The Labute approximate surface area is 165 Å². The number of halogens is 3. The number of aliphatic hydroxyl groups is 1. The molecule has 10 heteroatoms. The Hall–Kier alpha value is -2.98. The lowest BCUT2D eigenvalue weighted by Gasteiger charge is -2.15. The van der Waals surface area contributed by atoms with E-state index < -0.39 is 41.6 Å². The number of amides is 1. The third kappa shape index (κ3) is 3.82. The number of phenols is 1. The van der Waals surface area contributed by atoms with Crippen molar-refractivity contribution < 1.29 is 32.9 Å². The largest absolute Gasteiger partial charge is 0.508 e. The summed E-state index contributed by atoms with van der Waals surface area (Å²) in [5, 5.41) is 19.2. The van der Waals surface area contributed by atoms with Gasteiger partial charge in [0.25, 0.3) is 5.91 Å². The average molecular weight is 455 g/mol. The number of carbonyl (C=O) groups is 1. The molecule has 7 nitrogen and oxygen atoms in total. The molecule has 0 saturated carbocycles. The summed E-state index contributed by atoms with van der Waals surface area (Å²) in [5.41, 5.74) is 4.85. The monoisotopic (exact) mass is 454 g/mol. The van der Waals surface area contributed by atoms with Crippen LogP contribution in [-0.2, 0) is 0 Å². The first kappa shape index (κ1) is 19.8. The molecule has 0 bridgehead atoms. The van der Waals surface area contributed by atoms with Gasteiger partial charge in [0, 0.05) is 5.56 Å². The smallest absolute Gasteiger partial charge is 0.254 e. The molecule has 2 aromatic carbocycles. The molecule has 146 valence electrons. The zero-order chi connectivity index (χ0) is 20.4. The lowest BCUT2D eigenvalue weighted by Crippen LogP contribution is -2.18. The van der Waals surface area contributed by atoms with Crippen molar-refractivity contribution in [2.24, 2.45) is 5.73 Å². The molecule has 0 aliphatic heterocycles. The molecular weight excluding hydrogens is 442 g/mol. The number of aliphatic hydroxyl groups excluding tert-OH is 1. The molecule has 4 N–H and O–H groups in total. The Balaban J connectivity index is 1.95. The van der Waals surface area contributed by atoms with Gasteiger partial charge in [0.05, 0.1) is 6.61 Å². The minimum atomic E-state index is -1.30. The fourth-order valence-corrected chi connectivity index (χ4v) is 2.94. The second-order valence-corrected chi connectivity index (χ2v) is 6.33. The summed E-state index contributed by atoms with van der Waals surface area (Å²) in [6, 6.07) is 7.96. The first-order valence-corrected chi connectivity index (χ1v) is 8.62. The third-order valence-corrected chi connectivity index (χ3v) is 4.27. The number of hydrogen-bond acceptors (Lipinski definition) is 6. The van der Waals surface area contributed by atoms with Gasteiger partial charge in [0.15, 0.2) is 22.3 Å². The van der Waals surface area contributed by atoms with Crippen LogP contribution in [0.1, 0.15) is 22.4 Å². The van der Waals surface area contributed by atoms with E-state index in [0.29, 0.717) is 11.3 Å². The molecule has 1 heterocycles. The van der Waals surface area contributed by atoms with E-state index in [4.69, 9.17) is 14.9 Å². The van der Waals surface area contributed by atoms with Gasteiger partial charge in [-0.05, 0) is 40.2 Å². The Morgan fingerprint density at radius 3 is 2.71 bits per heavy atom. The van der Waals surface area contributed by atoms with Crippen LogP contribution in [0.2, 0.25) is 0 Å². The number of benzene rings is 2. The summed E-state index contributed by atoms with van der Waals surface area (Å²) in [6.07, 6.45) is -1.26. The second kappa shape index (κ2) is 7.95. The Morgan fingerprint density at radius 2 is 2.07 bits per heavy atom. The van der Waals surface area contributed by atoms with E-state index in [1.807, 2.05) is 0 Å². The molecule has 0 aliphatic carbocycles. The van der Waals surface area contributed by atoms with Crippen LogP contribution in [0.3, 0.4) is 0 Å². The summed E-state index contributed by atoms with van der Waals surface area (Å²) in [5.74, 6) is -4.35. The number of aromatic nitrogens is 1. The van der Waals surface area contributed by atoms with Gasteiger partial charge >= 0.3 is 0 Å². The maximum Gasteiger partial charge on any atom is 0.254 e. The lowest BCUT2D eigenvalue weighted by molar-refractivity contribution is 0.0880. The van der Waals surface area contributed by atoms with Crippen molar-refractivity contribution in [1.82, 2.24) is 4.98 Å². The molecule has 3 rings (SSSR count). The second-order valence-electron chi connectivity index (χ2n) is 5.61. The number of carbonyl (C=O) groups excluding carboxylic acids is 1. The fraction of sp³-hybridized carbons (Fsp3) is 0.111. The number of aromatic hydroxyl groups is 1. The zero-order valence-corrected chi connectivity index (χ0v) is 15.6. The minimum absolute atomic E-state index is 0.0104. The van der Waals surface area contributed by atoms with Crippen molar-refractivity contribution in [3.8, 4) is 22.8 Å². The molecule has 1 unspecified atom stereocenters. The predicted octanol–water partition coefficient (Wildman–Crippen LogP) is 3.30. The van der Waals surface area contributed by atoms with Crippen LogP contribution in [0, 0.1) is 11.6 Å². The van der Waals surface area contributed by atoms with Gasteiger partial charge in [-0.1, -0.05) is 12.1 Å². The molecule has 0 saturated heterocycles. The highest BCUT2D eigenvalue weighted by Crippen LogP contribution is 2.34. The molecule has 28 heavy (non-hydrogen) atoms. The van der Waals surface area contributed by atoms with Gasteiger partial charge < -0.3 is 25.1 Å². The van der Waals surface area contributed by atoms with Crippen LogP contribution in [0.15, 0.2) is 45.5 Å². The van der Waals surface area contributed by atoms with Crippen LogP contribution in [0.5, 0.6) is 11.5 Å². The van der Waals surface area contributed by atoms with Gasteiger partial charge in [-0.25, -0.2) is 13.8 Å². The normalized spacial score (nSPS) is 12.0. The van der Waals surface area contributed by atoms with Gasteiger partial charge in [-0.3, -0.25) is 4.79 Å². The minimum Gasteiger partial charge on any atom is -0.508 e. The molecule has 0 radical (unpaired) electrons. The number of ether oxygens (including phenoxy) is 1. The standard InChI is InChI=1S/C18H13BrF2N2O5/c19-16-15(8-2-1-3-9(25)6-8)23-18(28-16)12(7-24)27-11-5-4-10(20)13(14(11)21)17(22)26/h1-6,12,24-25H,7H2,(H2,22,26). The quantitative estimate of drug-likeness (QED) is 0.525. The van der Waals surface area contributed by atoms with Crippen molar-refractivity contribution in [2.75, 3.05) is 6.61 Å². The molecular formula is C18H13BrF2N2O5. The lowest BCUT2D eigenvalue weighted by atomic mass is 10.1. The van der Waals surface area contributed by atoms with Crippen LogP contribution in [0.25, 0.3) is 11.3 Å². The van der Waals surface area contributed by atoms with Crippen molar-refractivity contribution in [2.45, 2.75) is 6.10 Å². The van der Waals surface area contributed by atoms with Crippen LogP contribution >= 0.6 is 15.9 Å². The number of phenolic OH excluding ortho intramolecular Hbond substituents is 1. The summed E-state index contributed by atoms with van der Waals surface area (Å²) >= 11 is 3.18. The van der Waals surface area contributed by atoms with Crippen molar-refractivity contribution in [3.63, 3.8) is 0 Å². The average Bonchev–Trinajstić information content (AvgIpc) is 3.02. The number of nitrogens with zero attached hydrogens (tertiary/aromatic N) is 1. The first-order chi connectivity index (χ1) is 13.3. The van der Waals surface area contributed by atoms with Crippen molar-refractivity contribution in [3.05, 3.63) is 64.2 Å². The van der Waals surface area contributed by atoms with E-state index in [-0.39, 0.29) is 16.3 Å². The summed E-state index contributed by atoms with van der Waals surface area (Å²) < 4.78 is 38.9. The molecule has 3 aromatic rings. The SMILES string of the molecule is NC(=O)c1c(F)ccc(OC(CO)c2nc(-c3cccc(O)c3)c(Br)o2)c1F. The van der Waals surface area contributed by atoms with Crippen molar-refractivity contribution in [1.29, 1.82) is 0 Å². The first-order valence-electron chi connectivity index (χ1n) is 7.82. The summed E-state index contributed by atoms with van der Waals surface area (Å²) in [7, 11) is 0. The van der Waals surface area contributed by atoms with Gasteiger partial charge in [0.1, 0.15) is 22.8 Å². The van der Waals surface area contributed by atoms with E-state index in [0.717, 1.165) is 12.1 Å². The Bertz CT molecular complexity index is 1040. The van der Waals surface area contributed by atoms with E-state index >= 15 is 0 Å². The Kier molecular flexibility index (Phi) is 5.61. The highest BCUT2D eigenvalue weighted by molar-refractivity contribution is 9.10. The van der Waals surface area contributed by atoms with E-state index in [1.54, 1.807) is 12.1 Å². The maximum absolute atomic E-state index is 14.4. The van der Waals surface area contributed by atoms with E-state index in [2.05, 4.69) is 20.9 Å². The molecule has 1 aromatic heterocycles. The van der Waals surface area contributed by atoms with E-state index in [9.17, 15) is 23.8 Å². The highest BCUT2D eigenvalue weighted by atomic mass is 79.9. The van der Waals surface area contributed by atoms with Gasteiger partial charge in [0.2, 0.25) is 5.89 Å². The Morgan fingerprint density at radius 1 is 1.32 bits per heavy atom. The van der Waals surface area contributed by atoms with Crippen molar-refractivity contribution >= 4 is 21.8 Å². The van der Waals surface area contributed by atoms with Crippen LogP contribution in [-0.4, -0.2) is 27.7 Å². The number of primary amides is 1. The van der Waals surface area contributed by atoms with Crippen LogP contribution in [0.4, 0.5) is 8.78 Å². The number of nitrogens with two attached hydrogens (primary N) is 1. The number of hydrogen-bond donors (Lipinski definition) is 3. The van der Waals surface area contributed by atoms with Crippen LogP contribution < -0.4 is 10.5 Å². The topological polar surface area (TPSA) is 119 Å². The third-order valence-electron chi connectivity index (χ3n) is 3.73. The maximum atomic E-state index is 14.4. The van der Waals surface area contributed by atoms with E-state index in [1.165, 1.54) is 12.1 Å². The fourth-order valence-electron chi connectivity index (χ4n) is 2.46. The molecule has 0 aliphatic rings. The molecule has 0 fully saturated rings. The van der Waals surface area contributed by atoms with Gasteiger partial charge in [-0.2, -0.15) is 0 Å². The highest BCUT2D eigenvalue weighted by Gasteiger charge is 2.26. The van der Waals surface area contributed by atoms with Gasteiger partial charge in [-0.15, -0.1) is 0 Å². The zero-order valence-electron chi connectivity index (χ0n) is 14.0. The molecule has 1 atom stereocenters. The number of oxazole rings is 1.